The number of aryl methyl sites for hydroxylation is 2. The molecule has 0 atom stereocenters. The maximum Gasteiger partial charge on any atom is 0.317 e. The number of rotatable bonds is 17. The lowest BCUT2D eigenvalue weighted by Crippen LogP contribution is -2.34. The highest BCUT2D eigenvalue weighted by molar-refractivity contribution is 6.76. The molecule has 16 nitrogen and oxygen atoms in total. The molecule has 0 bridgehead atoms. The van der Waals surface area contributed by atoms with E-state index in [0.717, 1.165) is 103 Å². The molecule has 0 aliphatic rings. The van der Waals surface area contributed by atoms with Crippen LogP contribution in [0.1, 0.15) is 11.4 Å². The fourth-order valence-corrected chi connectivity index (χ4v) is 9.33. The van der Waals surface area contributed by atoms with Crippen LogP contribution in [0.3, 0.4) is 0 Å². The molecule has 0 radical (unpaired) electrons. The molecule has 356 valence electrons. The van der Waals surface area contributed by atoms with E-state index < -0.39 is 16.1 Å². The van der Waals surface area contributed by atoms with Crippen molar-refractivity contribution < 1.29 is 23.7 Å². The van der Waals surface area contributed by atoms with Crippen molar-refractivity contribution in [1.82, 2.24) is 48.4 Å². The van der Waals surface area contributed by atoms with Crippen molar-refractivity contribution in [2.75, 3.05) is 41.5 Å². The van der Waals surface area contributed by atoms with Gasteiger partial charge in [-0.25, -0.2) is 24.7 Å². The first-order valence-electron chi connectivity index (χ1n) is 22.7. The lowest BCUT2D eigenvalue weighted by atomic mass is 10.1. The lowest BCUT2D eigenvalue weighted by Gasteiger charge is -2.16. The summed E-state index contributed by atoms with van der Waals surface area (Å²) in [7, 11) is 8.51. The number of nitrogens with one attached hydrogen (secondary N) is 1. The zero-order valence-electron chi connectivity index (χ0n) is 41.2. The number of amides is 2. The van der Waals surface area contributed by atoms with Crippen LogP contribution in [0.5, 0.6) is 11.5 Å². The SMILES string of the molecule is COc1ccc2c(c1)c(-c1cc3nc(CN)cnc3n1COCC[Si](C)(C)C)cn2C.COc1ccc2c(c1)c(-c1cc3nc(CNC(=O)N(C)C)cnc3n1COCC[Si](C)(C)C)cn2C. The van der Waals surface area contributed by atoms with Gasteiger partial charge in [-0.15, -0.1) is 0 Å². The largest absolute Gasteiger partial charge is 0.497 e. The van der Waals surface area contributed by atoms with Gasteiger partial charge in [-0.05, 0) is 60.6 Å². The van der Waals surface area contributed by atoms with Crippen molar-refractivity contribution in [2.24, 2.45) is 19.8 Å². The van der Waals surface area contributed by atoms with Gasteiger partial charge in [-0.1, -0.05) is 39.3 Å². The second-order valence-electron chi connectivity index (χ2n) is 19.6. The first kappa shape index (κ1) is 48.9. The molecule has 3 N–H and O–H groups in total. The molecule has 6 aromatic heterocycles. The average Bonchev–Trinajstić information content (AvgIpc) is 4.03. The molecule has 0 fully saturated rings. The zero-order valence-corrected chi connectivity index (χ0v) is 43.2. The van der Waals surface area contributed by atoms with Crippen LogP contribution < -0.4 is 20.5 Å². The summed E-state index contributed by atoms with van der Waals surface area (Å²) >= 11 is 0. The van der Waals surface area contributed by atoms with E-state index in [9.17, 15) is 4.79 Å². The van der Waals surface area contributed by atoms with Crippen LogP contribution in [0.25, 0.3) is 66.6 Å². The number of nitrogens with zero attached hydrogens (tertiary/aromatic N) is 9. The summed E-state index contributed by atoms with van der Waals surface area (Å²) in [6, 6.07) is 18.4. The first-order valence-corrected chi connectivity index (χ1v) is 30.1. The van der Waals surface area contributed by atoms with Gasteiger partial charge in [0.1, 0.15) is 36.0 Å². The average molecular weight is 946 g/mol. The van der Waals surface area contributed by atoms with Crippen LogP contribution in [-0.2, 0) is 50.1 Å². The van der Waals surface area contributed by atoms with Crippen LogP contribution in [0.15, 0.2) is 73.3 Å². The van der Waals surface area contributed by atoms with E-state index in [-0.39, 0.29) is 6.03 Å². The Labute approximate surface area is 395 Å². The van der Waals surface area contributed by atoms with Crippen molar-refractivity contribution in [3.8, 4) is 34.0 Å². The van der Waals surface area contributed by atoms with Gasteiger partial charge in [0, 0.05) is 109 Å². The molecule has 0 unspecified atom stereocenters. The van der Waals surface area contributed by atoms with Gasteiger partial charge in [-0.3, -0.25) is 9.13 Å². The number of hydrogen-bond acceptors (Lipinski definition) is 10. The molecule has 67 heavy (non-hydrogen) atoms. The number of carbonyl (C=O) groups excluding carboxylic acids is 1. The topological polar surface area (TPSA) is 167 Å². The summed E-state index contributed by atoms with van der Waals surface area (Å²) in [5, 5.41) is 5.05. The van der Waals surface area contributed by atoms with Crippen molar-refractivity contribution >= 4 is 66.3 Å². The number of carbonyl (C=O) groups is 1. The van der Waals surface area contributed by atoms with Crippen LogP contribution in [-0.4, -0.2) is 107 Å². The van der Waals surface area contributed by atoms with Gasteiger partial charge < -0.3 is 44.0 Å². The third-order valence-corrected chi connectivity index (χ3v) is 15.1. The Morgan fingerprint density at radius 3 is 1.55 bits per heavy atom. The van der Waals surface area contributed by atoms with Crippen molar-refractivity contribution in [2.45, 2.75) is 77.9 Å². The number of benzene rings is 2. The number of ether oxygens (including phenoxy) is 4. The Hall–Kier alpha value is -6.06. The van der Waals surface area contributed by atoms with Gasteiger partial charge in [0.15, 0.2) is 11.3 Å². The van der Waals surface area contributed by atoms with Crippen molar-refractivity contribution in [1.29, 1.82) is 0 Å². The van der Waals surface area contributed by atoms with Crippen LogP contribution in [0, 0.1) is 0 Å². The molecule has 2 amide bonds. The summed E-state index contributed by atoms with van der Waals surface area (Å²) in [5.41, 5.74) is 16.8. The highest BCUT2D eigenvalue weighted by Crippen LogP contribution is 2.37. The van der Waals surface area contributed by atoms with E-state index >= 15 is 0 Å². The van der Waals surface area contributed by atoms with Gasteiger partial charge >= 0.3 is 6.03 Å². The minimum atomic E-state index is -1.21. The Bertz CT molecular complexity index is 3010. The molecular formula is C49H67N11O5Si2. The van der Waals surface area contributed by atoms with Gasteiger partial charge in [0.05, 0.1) is 55.9 Å². The lowest BCUT2D eigenvalue weighted by molar-refractivity contribution is 0.0908. The van der Waals surface area contributed by atoms with Gasteiger partial charge in [0.2, 0.25) is 0 Å². The zero-order chi connectivity index (χ0) is 48.2. The summed E-state index contributed by atoms with van der Waals surface area (Å²) in [6.07, 6.45) is 7.72. The predicted molar refractivity (Wildman–Crippen MR) is 274 cm³/mol. The van der Waals surface area contributed by atoms with Crippen LogP contribution >= 0.6 is 0 Å². The molecule has 0 saturated heterocycles. The maximum absolute atomic E-state index is 12.0. The fraction of sp³-hybridized carbons (Fsp3) is 0.408. The highest BCUT2D eigenvalue weighted by atomic mass is 28.3. The second-order valence-corrected chi connectivity index (χ2v) is 30.8. The summed E-state index contributed by atoms with van der Waals surface area (Å²) in [5.74, 6) is 1.63. The number of nitrogens with two attached hydrogens (primary N) is 1. The fourth-order valence-electron chi connectivity index (χ4n) is 7.81. The van der Waals surface area contributed by atoms with Crippen molar-refractivity contribution in [3.05, 3.63) is 84.7 Å². The van der Waals surface area contributed by atoms with Gasteiger partial charge in [-0.2, -0.15) is 0 Å². The number of aromatic nitrogens is 8. The molecule has 0 aliphatic heterocycles. The molecule has 18 heteroatoms. The highest BCUT2D eigenvalue weighted by Gasteiger charge is 2.21. The van der Waals surface area contributed by atoms with E-state index in [1.165, 1.54) is 4.90 Å². The molecule has 0 saturated carbocycles. The third kappa shape index (κ3) is 11.4. The van der Waals surface area contributed by atoms with Crippen LogP contribution in [0.4, 0.5) is 4.79 Å². The molecular weight excluding hydrogens is 879 g/mol. The minimum absolute atomic E-state index is 0.171. The molecule has 6 heterocycles. The molecule has 0 aliphatic carbocycles. The Morgan fingerprint density at radius 2 is 1.13 bits per heavy atom. The number of hydrogen-bond donors (Lipinski definition) is 2. The quantitative estimate of drug-likeness (QED) is 0.0664. The summed E-state index contributed by atoms with van der Waals surface area (Å²) < 4.78 is 31.7. The summed E-state index contributed by atoms with van der Waals surface area (Å²) in [4.78, 5) is 32.3. The Kier molecular flexibility index (Phi) is 14.9. The maximum atomic E-state index is 12.0. The first-order chi connectivity index (χ1) is 31.9. The monoisotopic (exact) mass is 945 g/mol. The van der Waals surface area contributed by atoms with Crippen LogP contribution in [0.2, 0.25) is 51.4 Å². The summed E-state index contributed by atoms with van der Waals surface area (Å²) in [6.45, 7) is 17.0. The normalized spacial score (nSPS) is 12.0. The number of fused-ring (bicyclic) bond motifs is 4. The smallest absolute Gasteiger partial charge is 0.317 e. The van der Waals surface area contributed by atoms with Crippen molar-refractivity contribution in [3.63, 3.8) is 0 Å². The molecule has 2 aromatic carbocycles. The number of methoxy groups -OCH3 is 2. The molecule has 0 spiro atoms. The Morgan fingerprint density at radius 1 is 0.687 bits per heavy atom. The van der Waals surface area contributed by atoms with E-state index in [1.807, 2.05) is 19.2 Å². The van der Waals surface area contributed by atoms with Gasteiger partial charge in [0.25, 0.3) is 0 Å². The minimum Gasteiger partial charge on any atom is -0.497 e. The second kappa shape index (κ2) is 20.4. The Balaban J connectivity index is 0.000000201. The van der Waals surface area contributed by atoms with E-state index in [0.29, 0.717) is 38.9 Å². The molecule has 8 rings (SSSR count). The molecule has 8 aromatic rings. The van der Waals surface area contributed by atoms with E-state index in [2.05, 4.69) is 124 Å². The standard InChI is InChI=1S/C26H36N6O3Si.C23H31N5O2Si/c1-30(2)26(33)28-15-18-14-27-25-22(29-18)13-24(32(25)17-35-10-11-36(5,6)7)21-16-31(3)23-9-8-19(34-4)12-20(21)23;1-27-14-19(18-10-17(29-2)6-7-21(18)27)22-11-20-23(25-13-16(12-24)26-20)28(22)15-30-8-9-31(3,4)5/h8-9,12-14,16H,10-11,15,17H2,1-7H3,(H,28,33);6-7,10-11,13-14H,8-9,12,15,24H2,1-5H3. The third-order valence-electron chi connectivity index (χ3n) is 11.7. The predicted octanol–water partition coefficient (Wildman–Crippen LogP) is 9.05. The van der Waals surface area contributed by atoms with E-state index in [4.69, 9.17) is 39.6 Å². The number of urea groups is 1. The van der Waals surface area contributed by atoms with E-state index in [1.54, 1.807) is 40.7 Å².